The first-order chi connectivity index (χ1) is 15.1. The Morgan fingerprint density at radius 2 is 1.87 bits per heavy atom. The summed E-state index contributed by atoms with van der Waals surface area (Å²) in [6.45, 7) is 1.92. The summed E-state index contributed by atoms with van der Waals surface area (Å²) in [5.74, 6) is 0.771. The van der Waals surface area contributed by atoms with Crippen LogP contribution >= 0.6 is 0 Å². The van der Waals surface area contributed by atoms with E-state index in [9.17, 15) is 15.0 Å². The van der Waals surface area contributed by atoms with E-state index in [1.165, 1.54) is 35.0 Å². The third-order valence-electron chi connectivity index (χ3n) is 5.93. The van der Waals surface area contributed by atoms with Crippen LogP contribution in [0.3, 0.4) is 0 Å². The van der Waals surface area contributed by atoms with E-state index in [0.717, 1.165) is 18.6 Å². The fourth-order valence-corrected chi connectivity index (χ4v) is 4.08. The third-order valence-corrected chi connectivity index (χ3v) is 5.93. The molecule has 1 aliphatic rings. The van der Waals surface area contributed by atoms with Crippen LogP contribution in [0.5, 0.6) is 0 Å². The van der Waals surface area contributed by atoms with Gasteiger partial charge in [-0.3, -0.25) is 4.57 Å². The number of unbranched alkanes of at least 4 members (excludes halogenated alkanes) is 2. The molecule has 0 spiro atoms. The SMILES string of the molecule is CCCCCc1ccc(CCc2cc3cn([C@H]4C[C@H](O)[C@@H](CO)O4)c(=O)nc3o2)cc1. The lowest BCUT2D eigenvalue weighted by Crippen LogP contribution is -2.27. The van der Waals surface area contributed by atoms with Crippen molar-refractivity contribution < 1.29 is 19.4 Å². The summed E-state index contributed by atoms with van der Waals surface area (Å²) in [6.07, 6.45) is 6.15. The van der Waals surface area contributed by atoms with E-state index in [1.54, 1.807) is 6.20 Å². The van der Waals surface area contributed by atoms with Crippen molar-refractivity contribution in [3.63, 3.8) is 0 Å². The molecule has 1 fully saturated rings. The predicted molar refractivity (Wildman–Crippen MR) is 117 cm³/mol. The van der Waals surface area contributed by atoms with Gasteiger partial charge in [0.2, 0.25) is 5.71 Å². The molecule has 31 heavy (non-hydrogen) atoms. The van der Waals surface area contributed by atoms with Crippen molar-refractivity contribution in [1.82, 2.24) is 9.55 Å². The predicted octanol–water partition coefficient (Wildman–Crippen LogP) is 3.15. The fraction of sp³-hybridized carbons (Fsp3) is 0.500. The Kier molecular flexibility index (Phi) is 6.85. The van der Waals surface area contributed by atoms with E-state index < -0.39 is 24.1 Å². The maximum absolute atomic E-state index is 12.4. The highest BCUT2D eigenvalue weighted by atomic mass is 16.5. The number of aliphatic hydroxyl groups excluding tert-OH is 2. The summed E-state index contributed by atoms with van der Waals surface area (Å²) in [6, 6.07) is 10.6. The maximum atomic E-state index is 12.4. The molecular weight excluding hydrogens is 396 g/mol. The molecule has 166 valence electrons. The van der Waals surface area contributed by atoms with Gasteiger partial charge in [0.15, 0.2) is 0 Å². The van der Waals surface area contributed by atoms with E-state index in [2.05, 4.69) is 36.2 Å². The van der Waals surface area contributed by atoms with Gasteiger partial charge in [-0.2, -0.15) is 4.98 Å². The van der Waals surface area contributed by atoms with Crippen LogP contribution < -0.4 is 5.69 Å². The molecule has 0 radical (unpaired) electrons. The van der Waals surface area contributed by atoms with Crippen molar-refractivity contribution in [3.05, 3.63) is 63.9 Å². The van der Waals surface area contributed by atoms with E-state index in [4.69, 9.17) is 9.15 Å². The minimum Gasteiger partial charge on any atom is -0.443 e. The van der Waals surface area contributed by atoms with Crippen molar-refractivity contribution >= 4 is 11.1 Å². The molecule has 3 atom stereocenters. The molecule has 0 amide bonds. The average Bonchev–Trinajstić information content (AvgIpc) is 3.34. The molecule has 3 heterocycles. The molecule has 1 saturated heterocycles. The molecule has 2 N–H and O–H groups in total. The Hall–Kier alpha value is -2.48. The second kappa shape index (κ2) is 9.77. The molecule has 0 aliphatic carbocycles. The quantitative estimate of drug-likeness (QED) is 0.510. The number of aromatic nitrogens is 2. The largest absolute Gasteiger partial charge is 0.443 e. The lowest BCUT2D eigenvalue weighted by atomic mass is 10.0. The molecule has 7 nitrogen and oxygen atoms in total. The second-order valence-corrected chi connectivity index (χ2v) is 8.29. The molecular formula is C24H30N2O5. The van der Waals surface area contributed by atoms with Crippen LogP contribution in [0.15, 0.2) is 45.7 Å². The van der Waals surface area contributed by atoms with Crippen molar-refractivity contribution in [2.45, 2.75) is 70.3 Å². The van der Waals surface area contributed by atoms with Gasteiger partial charge in [-0.25, -0.2) is 4.79 Å². The highest BCUT2D eigenvalue weighted by Gasteiger charge is 2.35. The molecule has 3 aromatic rings. The summed E-state index contributed by atoms with van der Waals surface area (Å²) in [5, 5.41) is 19.9. The zero-order chi connectivity index (χ0) is 21.8. The monoisotopic (exact) mass is 426 g/mol. The van der Waals surface area contributed by atoms with Crippen LogP contribution in [0.1, 0.15) is 55.7 Å². The normalized spacial score (nSPS) is 21.2. The van der Waals surface area contributed by atoms with Gasteiger partial charge in [0.1, 0.15) is 18.1 Å². The van der Waals surface area contributed by atoms with Crippen LogP contribution in [0.2, 0.25) is 0 Å². The minimum absolute atomic E-state index is 0.234. The molecule has 1 aliphatic heterocycles. The standard InChI is InChI=1S/C24H30N2O5/c1-2-3-4-5-16-6-8-17(9-7-16)10-11-19-12-18-14-26(24(29)25-23(18)30-19)22-13-20(28)21(15-27)31-22/h6-9,12,14,20-22,27-28H,2-5,10-11,13,15H2,1H3/t20-,21+,22+/m0/s1. The van der Waals surface area contributed by atoms with E-state index in [0.29, 0.717) is 17.5 Å². The lowest BCUT2D eigenvalue weighted by molar-refractivity contribution is -0.0457. The van der Waals surface area contributed by atoms with E-state index >= 15 is 0 Å². The Morgan fingerprint density at radius 3 is 2.55 bits per heavy atom. The Balaban J connectivity index is 1.42. The first kappa shape index (κ1) is 21.7. The van der Waals surface area contributed by atoms with E-state index in [1.807, 2.05) is 6.07 Å². The number of aryl methyl sites for hydroxylation is 3. The molecule has 4 rings (SSSR count). The van der Waals surface area contributed by atoms with Gasteiger partial charge >= 0.3 is 5.69 Å². The van der Waals surface area contributed by atoms with Gasteiger partial charge in [-0.05, 0) is 36.5 Å². The number of benzene rings is 1. The molecule has 0 unspecified atom stereocenters. The van der Waals surface area contributed by atoms with Crippen molar-refractivity contribution in [2.24, 2.45) is 0 Å². The number of fused-ring (bicyclic) bond motifs is 1. The summed E-state index contributed by atoms with van der Waals surface area (Å²) < 4.78 is 12.7. The highest BCUT2D eigenvalue weighted by molar-refractivity contribution is 5.72. The first-order valence-electron chi connectivity index (χ1n) is 11.1. The molecule has 0 bridgehead atoms. The Morgan fingerprint density at radius 1 is 1.13 bits per heavy atom. The fourth-order valence-electron chi connectivity index (χ4n) is 4.08. The van der Waals surface area contributed by atoms with Gasteiger partial charge in [-0.15, -0.1) is 0 Å². The lowest BCUT2D eigenvalue weighted by Gasteiger charge is -2.13. The van der Waals surface area contributed by atoms with Crippen molar-refractivity contribution in [2.75, 3.05) is 6.61 Å². The number of hydrogen-bond acceptors (Lipinski definition) is 6. The molecule has 7 heteroatoms. The number of nitrogens with zero attached hydrogens (tertiary/aromatic N) is 2. The van der Waals surface area contributed by atoms with Gasteiger partial charge < -0.3 is 19.4 Å². The summed E-state index contributed by atoms with van der Waals surface area (Å²) in [4.78, 5) is 16.4. The van der Waals surface area contributed by atoms with E-state index in [-0.39, 0.29) is 13.0 Å². The summed E-state index contributed by atoms with van der Waals surface area (Å²) >= 11 is 0. The molecule has 0 saturated carbocycles. The highest BCUT2D eigenvalue weighted by Crippen LogP contribution is 2.28. The maximum Gasteiger partial charge on any atom is 0.353 e. The smallest absolute Gasteiger partial charge is 0.353 e. The van der Waals surface area contributed by atoms with Crippen LogP contribution in [-0.2, 0) is 24.0 Å². The average molecular weight is 427 g/mol. The van der Waals surface area contributed by atoms with Gasteiger partial charge in [0.05, 0.1) is 18.1 Å². The van der Waals surface area contributed by atoms with Crippen LogP contribution in [0.25, 0.3) is 11.1 Å². The number of furan rings is 1. The topological polar surface area (TPSA) is 97.7 Å². The summed E-state index contributed by atoms with van der Waals surface area (Å²) in [7, 11) is 0. The summed E-state index contributed by atoms with van der Waals surface area (Å²) in [5.41, 5.74) is 2.43. The third kappa shape index (κ3) is 5.06. The Bertz CT molecular complexity index is 1060. The van der Waals surface area contributed by atoms with Gasteiger partial charge in [0, 0.05) is 19.0 Å². The molecule has 1 aromatic carbocycles. The van der Waals surface area contributed by atoms with Gasteiger partial charge in [-0.1, -0.05) is 44.0 Å². The number of hydrogen-bond donors (Lipinski definition) is 2. The van der Waals surface area contributed by atoms with Crippen LogP contribution in [0.4, 0.5) is 0 Å². The van der Waals surface area contributed by atoms with Crippen LogP contribution in [0, 0.1) is 0 Å². The zero-order valence-corrected chi connectivity index (χ0v) is 17.9. The Labute approximate surface area is 181 Å². The minimum atomic E-state index is -0.810. The first-order valence-corrected chi connectivity index (χ1v) is 11.1. The number of rotatable bonds is 9. The number of ether oxygens (including phenoxy) is 1. The van der Waals surface area contributed by atoms with Gasteiger partial charge in [0.25, 0.3) is 0 Å². The zero-order valence-electron chi connectivity index (χ0n) is 17.9. The molecule has 2 aromatic heterocycles. The van der Waals surface area contributed by atoms with Crippen LogP contribution in [-0.4, -0.2) is 38.6 Å². The number of aliphatic hydroxyl groups is 2. The van der Waals surface area contributed by atoms with Crippen molar-refractivity contribution in [1.29, 1.82) is 0 Å². The second-order valence-electron chi connectivity index (χ2n) is 8.29. The van der Waals surface area contributed by atoms with Crippen molar-refractivity contribution in [3.8, 4) is 0 Å².